The maximum Gasteiger partial charge on any atom is 0.256 e. The molecule has 0 radical (unpaired) electrons. The second kappa shape index (κ2) is 7.14. The summed E-state index contributed by atoms with van der Waals surface area (Å²) in [6.45, 7) is 2.17. The summed E-state index contributed by atoms with van der Waals surface area (Å²) in [5, 5.41) is 2.80. The number of carbonyl (C=O) groups is 2. The van der Waals surface area contributed by atoms with Crippen LogP contribution in [0, 0.1) is 0 Å². The molecule has 1 saturated heterocycles. The SMILES string of the molecule is Nc1cccc(C(=O)Nc2ccccc2C(=O)N2CCOCC2)c1. The molecule has 6 nitrogen and oxygen atoms in total. The third-order valence-corrected chi connectivity index (χ3v) is 3.85. The Bertz CT molecular complexity index is 755. The molecule has 0 aromatic heterocycles. The number of morpholine rings is 1. The Balaban J connectivity index is 1.81. The molecule has 6 heteroatoms. The Hall–Kier alpha value is -2.86. The van der Waals surface area contributed by atoms with Crippen LogP contribution in [0.15, 0.2) is 48.5 Å². The van der Waals surface area contributed by atoms with Crippen LogP contribution in [-0.2, 0) is 4.74 Å². The van der Waals surface area contributed by atoms with E-state index >= 15 is 0 Å². The van der Waals surface area contributed by atoms with Crippen molar-refractivity contribution in [3.05, 3.63) is 59.7 Å². The number of hydrogen-bond acceptors (Lipinski definition) is 4. The van der Waals surface area contributed by atoms with E-state index < -0.39 is 0 Å². The van der Waals surface area contributed by atoms with Crippen molar-refractivity contribution >= 4 is 23.2 Å². The maximum absolute atomic E-state index is 12.7. The van der Waals surface area contributed by atoms with Gasteiger partial charge < -0.3 is 20.7 Å². The van der Waals surface area contributed by atoms with E-state index in [1.165, 1.54) is 0 Å². The number of nitrogens with two attached hydrogens (primary N) is 1. The van der Waals surface area contributed by atoms with Gasteiger partial charge in [0.15, 0.2) is 0 Å². The van der Waals surface area contributed by atoms with Gasteiger partial charge in [-0.05, 0) is 30.3 Å². The molecule has 1 fully saturated rings. The van der Waals surface area contributed by atoms with Gasteiger partial charge in [0.1, 0.15) is 0 Å². The third-order valence-electron chi connectivity index (χ3n) is 3.85. The van der Waals surface area contributed by atoms with E-state index in [9.17, 15) is 9.59 Å². The zero-order valence-electron chi connectivity index (χ0n) is 13.2. The number of anilines is 2. The molecule has 0 saturated carbocycles. The van der Waals surface area contributed by atoms with Crippen LogP contribution in [0.5, 0.6) is 0 Å². The standard InChI is InChI=1S/C18H19N3O3/c19-14-5-3-4-13(12-14)17(22)20-16-7-2-1-6-15(16)18(23)21-8-10-24-11-9-21/h1-7,12H,8-11,19H2,(H,20,22). The maximum atomic E-state index is 12.7. The van der Waals surface area contributed by atoms with Crippen LogP contribution in [0.3, 0.4) is 0 Å². The fraction of sp³-hybridized carbons (Fsp3) is 0.222. The molecule has 2 aromatic rings. The molecular weight excluding hydrogens is 306 g/mol. The number of amides is 2. The van der Waals surface area contributed by atoms with Crippen LogP contribution in [0.4, 0.5) is 11.4 Å². The van der Waals surface area contributed by atoms with Crippen LogP contribution in [-0.4, -0.2) is 43.0 Å². The summed E-state index contributed by atoms with van der Waals surface area (Å²) in [6.07, 6.45) is 0. The minimum atomic E-state index is -0.301. The van der Waals surface area contributed by atoms with Gasteiger partial charge >= 0.3 is 0 Å². The summed E-state index contributed by atoms with van der Waals surface area (Å²) >= 11 is 0. The number of para-hydroxylation sites is 1. The van der Waals surface area contributed by atoms with Crippen LogP contribution in [0.1, 0.15) is 20.7 Å². The molecule has 24 heavy (non-hydrogen) atoms. The number of nitrogens with zero attached hydrogens (tertiary/aromatic N) is 1. The van der Waals surface area contributed by atoms with Crippen molar-refractivity contribution in [1.82, 2.24) is 4.90 Å². The van der Waals surface area contributed by atoms with Crippen molar-refractivity contribution in [2.24, 2.45) is 0 Å². The normalized spacial score (nSPS) is 14.2. The van der Waals surface area contributed by atoms with Crippen LogP contribution in [0.25, 0.3) is 0 Å². The molecule has 2 amide bonds. The first-order valence-corrected chi connectivity index (χ1v) is 7.78. The number of benzene rings is 2. The van der Waals surface area contributed by atoms with Gasteiger partial charge in [0.05, 0.1) is 24.5 Å². The van der Waals surface area contributed by atoms with E-state index in [-0.39, 0.29) is 11.8 Å². The largest absolute Gasteiger partial charge is 0.399 e. The summed E-state index contributed by atoms with van der Waals surface area (Å²) in [5.41, 5.74) is 7.63. The van der Waals surface area contributed by atoms with E-state index in [1.54, 1.807) is 53.4 Å². The molecule has 0 spiro atoms. The van der Waals surface area contributed by atoms with Crippen molar-refractivity contribution in [3.63, 3.8) is 0 Å². The van der Waals surface area contributed by atoms with Gasteiger partial charge in [0.2, 0.25) is 0 Å². The average molecular weight is 325 g/mol. The molecule has 1 heterocycles. The molecule has 1 aliphatic heterocycles. The first-order valence-electron chi connectivity index (χ1n) is 7.78. The lowest BCUT2D eigenvalue weighted by Crippen LogP contribution is -2.41. The Morgan fingerprint density at radius 2 is 1.79 bits per heavy atom. The second-order valence-electron chi connectivity index (χ2n) is 5.53. The lowest BCUT2D eigenvalue weighted by atomic mass is 10.1. The zero-order chi connectivity index (χ0) is 16.9. The molecule has 0 atom stereocenters. The molecule has 1 aliphatic rings. The number of carbonyl (C=O) groups excluding carboxylic acids is 2. The predicted molar refractivity (Wildman–Crippen MR) is 92.0 cm³/mol. The molecule has 124 valence electrons. The lowest BCUT2D eigenvalue weighted by Gasteiger charge is -2.27. The van der Waals surface area contributed by atoms with Gasteiger partial charge in [-0.3, -0.25) is 9.59 Å². The Kier molecular flexibility index (Phi) is 4.77. The minimum absolute atomic E-state index is 0.109. The predicted octanol–water partition coefficient (Wildman–Crippen LogP) is 1.99. The van der Waals surface area contributed by atoms with Gasteiger partial charge in [-0.25, -0.2) is 0 Å². The number of ether oxygens (including phenoxy) is 1. The summed E-state index contributed by atoms with van der Waals surface area (Å²) in [5.74, 6) is -0.411. The monoisotopic (exact) mass is 325 g/mol. The highest BCUT2D eigenvalue weighted by molar-refractivity contribution is 6.09. The Morgan fingerprint density at radius 3 is 2.54 bits per heavy atom. The number of nitrogens with one attached hydrogen (secondary N) is 1. The highest BCUT2D eigenvalue weighted by Gasteiger charge is 2.21. The van der Waals surface area contributed by atoms with Gasteiger partial charge in [0, 0.05) is 24.3 Å². The van der Waals surface area contributed by atoms with Crippen molar-refractivity contribution in [3.8, 4) is 0 Å². The first kappa shape index (κ1) is 16.0. The van der Waals surface area contributed by atoms with E-state index in [1.807, 2.05) is 0 Å². The molecule has 0 aliphatic carbocycles. The Morgan fingerprint density at radius 1 is 1.04 bits per heavy atom. The third kappa shape index (κ3) is 3.55. The van der Waals surface area contributed by atoms with Crippen molar-refractivity contribution in [2.75, 3.05) is 37.4 Å². The van der Waals surface area contributed by atoms with Gasteiger partial charge in [-0.15, -0.1) is 0 Å². The van der Waals surface area contributed by atoms with E-state index in [4.69, 9.17) is 10.5 Å². The van der Waals surface area contributed by atoms with Gasteiger partial charge in [-0.1, -0.05) is 18.2 Å². The van der Waals surface area contributed by atoms with E-state index in [2.05, 4.69) is 5.32 Å². The van der Waals surface area contributed by atoms with E-state index in [0.717, 1.165) is 0 Å². The average Bonchev–Trinajstić information content (AvgIpc) is 2.62. The molecule has 0 unspecified atom stereocenters. The summed E-state index contributed by atoms with van der Waals surface area (Å²) in [6, 6.07) is 13.7. The van der Waals surface area contributed by atoms with Gasteiger partial charge in [0.25, 0.3) is 11.8 Å². The number of hydrogen-bond donors (Lipinski definition) is 2. The topological polar surface area (TPSA) is 84.7 Å². The first-order chi connectivity index (χ1) is 11.6. The minimum Gasteiger partial charge on any atom is -0.399 e. The van der Waals surface area contributed by atoms with E-state index in [0.29, 0.717) is 48.8 Å². The molecule has 2 aromatic carbocycles. The smallest absolute Gasteiger partial charge is 0.256 e. The summed E-state index contributed by atoms with van der Waals surface area (Å²) < 4.78 is 5.27. The number of rotatable bonds is 3. The molecular formula is C18H19N3O3. The van der Waals surface area contributed by atoms with Crippen LogP contribution < -0.4 is 11.1 Å². The molecule has 3 rings (SSSR count). The summed E-state index contributed by atoms with van der Waals surface area (Å²) in [4.78, 5) is 26.8. The number of nitrogen functional groups attached to an aromatic ring is 1. The van der Waals surface area contributed by atoms with Crippen LogP contribution in [0.2, 0.25) is 0 Å². The quantitative estimate of drug-likeness (QED) is 0.845. The zero-order valence-corrected chi connectivity index (χ0v) is 13.2. The highest BCUT2D eigenvalue weighted by atomic mass is 16.5. The van der Waals surface area contributed by atoms with Crippen molar-refractivity contribution in [1.29, 1.82) is 0 Å². The van der Waals surface area contributed by atoms with Gasteiger partial charge in [-0.2, -0.15) is 0 Å². The fourth-order valence-corrected chi connectivity index (χ4v) is 2.59. The van der Waals surface area contributed by atoms with Crippen LogP contribution >= 0.6 is 0 Å². The molecule has 0 bridgehead atoms. The van der Waals surface area contributed by atoms with Crippen molar-refractivity contribution < 1.29 is 14.3 Å². The fourth-order valence-electron chi connectivity index (χ4n) is 2.59. The molecule has 3 N–H and O–H groups in total. The Labute approximate surface area is 140 Å². The summed E-state index contributed by atoms with van der Waals surface area (Å²) in [7, 11) is 0. The highest BCUT2D eigenvalue weighted by Crippen LogP contribution is 2.19. The lowest BCUT2D eigenvalue weighted by molar-refractivity contribution is 0.0303. The van der Waals surface area contributed by atoms with Crippen molar-refractivity contribution in [2.45, 2.75) is 0 Å². The second-order valence-corrected chi connectivity index (χ2v) is 5.53.